The number of imidazole rings is 1. The summed E-state index contributed by atoms with van der Waals surface area (Å²) in [5.74, 6) is 0.673. The lowest BCUT2D eigenvalue weighted by Gasteiger charge is -2.34. The monoisotopic (exact) mass is 328 g/mol. The normalized spacial score (nSPS) is 17.7. The number of primary amides is 2. The summed E-state index contributed by atoms with van der Waals surface area (Å²) in [6.07, 6.45) is 6.97. The smallest absolute Gasteiger partial charge is 0.252 e. The zero-order chi connectivity index (χ0) is 17.1. The number of amides is 2. The lowest BCUT2D eigenvalue weighted by atomic mass is 9.96. The van der Waals surface area contributed by atoms with E-state index in [1.165, 1.54) is 0 Å². The van der Waals surface area contributed by atoms with Crippen LogP contribution in [0.5, 0.6) is 0 Å². The van der Waals surface area contributed by atoms with Gasteiger partial charge in [-0.05, 0) is 25.0 Å². The van der Waals surface area contributed by atoms with E-state index in [2.05, 4.69) is 14.9 Å². The van der Waals surface area contributed by atoms with Gasteiger partial charge < -0.3 is 20.9 Å². The van der Waals surface area contributed by atoms with E-state index in [0.29, 0.717) is 17.9 Å². The summed E-state index contributed by atoms with van der Waals surface area (Å²) in [4.78, 5) is 33.6. The third-order valence-corrected chi connectivity index (χ3v) is 4.21. The molecule has 3 rings (SSSR count). The average Bonchev–Trinajstić information content (AvgIpc) is 3.02. The van der Waals surface area contributed by atoms with E-state index in [-0.39, 0.29) is 12.5 Å². The predicted molar refractivity (Wildman–Crippen MR) is 88.4 cm³/mol. The van der Waals surface area contributed by atoms with Gasteiger partial charge in [-0.25, -0.2) is 9.97 Å². The first-order chi connectivity index (χ1) is 11.6. The Morgan fingerprint density at radius 3 is 2.83 bits per heavy atom. The Morgan fingerprint density at radius 2 is 2.08 bits per heavy atom. The highest BCUT2D eigenvalue weighted by Crippen LogP contribution is 2.29. The molecular weight excluding hydrogens is 308 g/mol. The Labute approximate surface area is 139 Å². The number of piperidine rings is 1. The van der Waals surface area contributed by atoms with Gasteiger partial charge in [-0.1, -0.05) is 0 Å². The van der Waals surface area contributed by atoms with E-state index >= 15 is 0 Å². The minimum absolute atomic E-state index is 0.113. The van der Waals surface area contributed by atoms with E-state index < -0.39 is 11.8 Å². The minimum atomic E-state index is -0.490. The molecule has 0 spiro atoms. The lowest BCUT2D eigenvalue weighted by Crippen LogP contribution is -2.37. The summed E-state index contributed by atoms with van der Waals surface area (Å²) in [6.45, 7) is 1.57. The fourth-order valence-electron chi connectivity index (χ4n) is 3.20. The van der Waals surface area contributed by atoms with Crippen molar-refractivity contribution < 1.29 is 9.59 Å². The second kappa shape index (κ2) is 6.69. The third kappa shape index (κ3) is 3.22. The summed E-state index contributed by atoms with van der Waals surface area (Å²) in [5.41, 5.74) is 11.2. The van der Waals surface area contributed by atoms with Gasteiger partial charge in [0.05, 0.1) is 5.56 Å². The molecule has 0 unspecified atom stereocenters. The molecular formula is C16H20N6O2. The number of nitrogens with zero attached hydrogens (tertiary/aromatic N) is 4. The SMILES string of the molecule is NC(=O)Cn1ccnc1[C@@H]1CCCN(c2ncccc2C(N)=O)C1. The molecule has 0 saturated carbocycles. The fraction of sp³-hybridized carbons (Fsp3) is 0.375. The number of carbonyl (C=O) groups is 2. The first-order valence-electron chi connectivity index (χ1n) is 7.85. The summed E-state index contributed by atoms with van der Waals surface area (Å²) < 4.78 is 1.78. The highest BCUT2D eigenvalue weighted by molar-refractivity contribution is 5.97. The van der Waals surface area contributed by atoms with Crippen LogP contribution in [0.2, 0.25) is 0 Å². The van der Waals surface area contributed by atoms with Crippen molar-refractivity contribution in [3.05, 3.63) is 42.1 Å². The van der Waals surface area contributed by atoms with Crippen LogP contribution in [0.25, 0.3) is 0 Å². The van der Waals surface area contributed by atoms with E-state index in [9.17, 15) is 9.59 Å². The molecule has 2 aromatic rings. The number of hydrogen-bond acceptors (Lipinski definition) is 5. The standard InChI is InChI=1S/C16H20N6O2/c17-13(23)10-22-8-6-20-15(22)11-3-2-7-21(9-11)16-12(14(18)24)4-1-5-19-16/h1,4-6,8,11H,2-3,7,9-10H2,(H2,17,23)(H2,18,24)/t11-/m1/s1. The Balaban J connectivity index is 1.84. The van der Waals surface area contributed by atoms with Crippen LogP contribution >= 0.6 is 0 Å². The minimum Gasteiger partial charge on any atom is -0.368 e. The van der Waals surface area contributed by atoms with Crippen molar-refractivity contribution in [2.45, 2.75) is 25.3 Å². The van der Waals surface area contributed by atoms with Crippen molar-refractivity contribution in [1.29, 1.82) is 0 Å². The van der Waals surface area contributed by atoms with Crippen molar-refractivity contribution >= 4 is 17.6 Å². The van der Waals surface area contributed by atoms with Crippen LogP contribution < -0.4 is 16.4 Å². The Hall–Kier alpha value is -2.90. The van der Waals surface area contributed by atoms with E-state index in [1.807, 2.05) is 0 Å². The van der Waals surface area contributed by atoms with Gasteiger partial charge in [0.2, 0.25) is 5.91 Å². The molecule has 2 aromatic heterocycles. The molecule has 1 atom stereocenters. The summed E-state index contributed by atoms with van der Waals surface area (Å²) in [6, 6.07) is 3.38. The van der Waals surface area contributed by atoms with Crippen molar-refractivity contribution in [3.63, 3.8) is 0 Å². The van der Waals surface area contributed by atoms with Gasteiger partial charge in [0.1, 0.15) is 18.2 Å². The Kier molecular flexibility index (Phi) is 4.45. The lowest BCUT2D eigenvalue weighted by molar-refractivity contribution is -0.118. The van der Waals surface area contributed by atoms with Crippen molar-refractivity contribution in [3.8, 4) is 0 Å². The van der Waals surface area contributed by atoms with Gasteiger partial charge in [0.25, 0.3) is 5.91 Å². The Bertz CT molecular complexity index is 757. The van der Waals surface area contributed by atoms with E-state index in [4.69, 9.17) is 11.5 Å². The molecule has 0 aliphatic carbocycles. The van der Waals surface area contributed by atoms with Gasteiger partial charge in [0.15, 0.2) is 0 Å². The van der Waals surface area contributed by atoms with Gasteiger partial charge in [-0.2, -0.15) is 0 Å². The maximum Gasteiger partial charge on any atom is 0.252 e. The number of rotatable bonds is 5. The molecule has 1 fully saturated rings. The molecule has 8 nitrogen and oxygen atoms in total. The highest BCUT2D eigenvalue weighted by Gasteiger charge is 2.27. The van der Waals surface area contributed by atoms with Crippen LogP contribution in [0.3, 0.4) is 0 Å². The topological polar surface area (TPSA) is 120 Å². The van der Waals surface area contributed by atoms with Gasteiger partial charge in [-0.15, -0.1) is 0 Å². The summed E-state index contributed by atoms with van der Waals surface area (Å²) >= 11 is 0. The second-order valence-corrected chi connectivity index (χ2v) is 5.90. The molecule has 1 aliphatic heterocycles. The molecule has 1 saturated heterocycles. The molecule has 24 heavy (non-hydrogen) atoms. The average molecular weight is 328 g/mol. The molecule has 8 heteroatoms. The maximum absolute atomic E-state index is 11.6. The summed E-state index contributed by atoms with van der Waals surface area (Å²) in [5, 5.41) is 0. The van der Waals surface area contributed by atoms with Gasteiger partial charge in [0, 0.05) is 37.6 Å². The van der Waals surface area contributed by atoms with Gasteiger partial charge >= 0.3 is 0 Å². The van der Waals surface area contributed by atoms with Crippen LogP contribution in [0.4, 0.5) is 5.82 Å². The van der Waals surface area contributed by atoms with E-state index in [0.717, 1.165) is 25.2 Å². The van der Waals surface area contributed by atoms with Crippen molar-refractivity contribution in [2.24, 2.45) is 11.5 Å². The zero-order valence-electron chi connectivity index (χ0n) is 13.3. The molecule has 0 bridgehead atoms. The van der Waals surface area contributed by atoms with Crippen LogP contribution in [0.1, 0.15) is 34.9 Å². The van der Waals surface area contributed by atoms with Crippen LogP contribution in [-0.4, -0.2) is 39.4 Å². The molecule has 2 amide bonds. The van der Waals surface area contributed by atoms with Crippen molar-refractivity contribution in [2.75, 3.05) is 18.0 Å². The van der Waals surface area contributed by atoms with E-state index in [1.54, 1.807) is 35.3 Å². The molecule has 3 heterocycles. The fourth-order valence-corrected chi connectivity index (χ4v) is 3.20. The number of carbonyl (C=O) groups excluding carboxylic acids is 2. The molecule has 126 valence electrons. The molecule has 0 aromatic carbocycles. The van der Waals surface area contributed by atoms with Crippen LogP contribution in [0.15, 0.2) is 30.7 Å². The largest absolute Gasteiger partial charge is 0.368 e. The number of aromatic nitrogens is 3. The number of nitrogens with two attached hydrogens (primary N) is 2. The Morgan fingerprint density at radius 1 is 1.25 bits per heavy atom. The quantitative estimate of drug-likeness (QED) is 0.815. The molecule has 0 radical (unpaired) electrons. The number of hydrogen-bond donors (Lipinski definition) is 2. The second-order valence-electron chi connectivity index (χ2n) is 5.90. The van der Waals surface area contributed by atoms with Crippen LogP contribution in [-0.2, 0) is 11.3 Å². The molecule has 1 aliphatic rings. The van der Waals surface area contributed by atoms with Crippen LogP contribution in [0, 0.1) is 0 Å². The van der Waals surface area contributed by atoms with Crippen molar-refractivity contribution in [1.82, 2.24) is 14.5 Å². The predicted octanol–water partition coefficient (Wildman–Crippen LogP) is 0.246. The number of anilines is 1. The molecule has 4 N–H and O–H groups in total. The summed E-state index contributed by atoms with van der Waals surface area (Å²) in [7, 11) is 0. The van der Waals surface area contributed by atoms with Gasteiger partial charge in [-0.3, -0.25) is 9.59 Å². The first kappa shape index (κ1) is 16.0. The highest BCUT2D eigenvalue weighted by atomic mass is 16.1. The zero-order valence-corrected chi connectivity index (χ0v) is 13.3. The maximum atomic E-state index is 11.6. The first-order valence-corrected chi connectivity index (χ1v) is 7.85. The third-order valence-electron chi connectivity index (χ3n) is 4.21. The number of pyridine rings is 1.